The van der Waals surface area contributed by atoms with Gasteiger partial charge in [-0.25, -0.2) is 0 Å². The number of rotatable bonds is 8. The van der Waals surface area contributed by atoms with Crippen LogP contribution in [-0.2, 0) is 4.79 Å². The summed E-state index contributed by atoms with van der Waals surface area (Å²) in [5, 5.41) is 24.0. The Balaban J connectivity index is 2.47. The number of nitrogens with one attached hydrogen (secondary N) is 2. The van der Waals surface area contributed by atoms with Gasteiger partial charge in [-0.05, 0) is 37.6 Å². The summed E-state index contributed by atoms with van der Waals surface area (Å²) in [5.74, 6) is -0.160. The van der Waals surface area contributed by atoms with Crippen molar-refractivity contribution in [3.05, 3.63) is 29.8 Å². The molecule has 5 nitrogen and oxygen atoms in total. The standard InChI is InChI=1S/C16H23N3O2/c1-3-4-9-16(2,12-20)19-15(21)11-18-14-7-5-13(10-17)6-8-14/h5-8,18,20H,3-4,9,11-12H2,1-2H3,(H,19,21). The van der Waals surface area contributed by atoms with Crippen LogP contribution < -0.4 is 10.6 Å². The Labute approximate surface area is 126 Å². The lowest BCUT2D eigenvalue weighted by Gasteiger charge is -2.28. The maximum atomic E-state index is 11.9. The summed E-state index contributed by atoms with van der Waals surface area (Å²) in [5.41, 5.74) is 0.792. The zero-order valence-corrected chi connectivity index (χ0v) is 12.6. The molecule has 0 aliphatic heterocycles. The van der Waals surface area contributed by atoms with Crippen LogP contribution in [0.3, 0.4) is 0 Å². The average Bonchev–Trinajstić information content (AvgIpc) is 2.51. The number of nitriles is 1. The second-order valence-electron chi connectivity index (χ2n) is 5.41. The van der Waals surface area contributed by atoms with Gasteiger partial charge in [-0.3, -0.25) is 4.79 Å². The first kappa shape index (κ1) is 17.0. The minimum atomic E-state index is -0.570. The van der Waals surface area contributed by atoms with Crippen LogP contribution in [0.1, 0.15) is 38.7 Å². The Morgan fingerprint density at radius 1 is 1.38 bits per heavy atom. The van der Waals surface area contributed by atoms with E-state index in [2.05, 4.69) is 17.6 Å². The minimum absolute atomic E-state index is 0.0738. The molecule has 0 saturated heterocycles. The quantitative estimate of drug-likeness (QED) is 0.683. The molecule has 3 N–H and O–H groups in total. The summed E-state index contributed by atoms with van der Waals surface area (Å²) in [6.07, 6.45) is 2.73. The molecule has 5 heteroatoms. The summed E-state index contributed by atoms with van der Waals surface area (Å²) in [4.78, 5) is 11.9. The topological polar surface area (TPSA) is 85.2 Å². The van der Waals surface area contributed by atoms with Gasteiger partial charge in [0.1, 0.15) is 0 Å². The van der Waals surface area contributed by atoms with E-state index < -0.39 is 5.54 Å². The van der Waals surface area contributed by atoms with E-state index in [1.165, 1.54) is 0 Å². The maximum Gasteiger partial charge on any atom is 0.239 e. The van der Waals surface area contributed by atoms with Gasteiger partial charge >= 0.3 is 0 Å². The summed E-state index contributed by atoms with van der Waals surface area (Å²) in [7, 11) is 0. The van der Waals surface area contributed by atoms with E-state index in [-0.39, 0.29) is 19.1 Å². The largest absolute Gasteiger partial charge is 0.394 e. The lowest BCUT2D eigenvalue weighted by Crippen LogP contribution is -2.50. The summed E-state index contributed by atoms with van der Waals surface area (Å²) < 4.78 is 0. The van der Waals surface area contributed by atoms with Gasteiger partial charge in [0.25, 0.3) is 0 Å². The Bertz CT molecular complexity index is 493. The van der Waals surface area contributed by atoms with Crippen LogP contribution in [-0.4, -0.2) is 29.7 Å². The lowest BCUT2D eigenvalue weighted by molar-refractivity contribution is -0.121. The van der Waals surface area contributed by atoms with Gasteiger partial charge in [0.15, 0.2) is 0 Å². The summed E-state index contributed by atoms with van der Waals surface area (Å²) in [6.45, 7) is 3.98. The predicted molar refractivity (Wildman–Crippen MR) is 82.8 cm³/mol. The Morgan fingerprint density at radius 3 is 2.57 bits per heavy atom. The van der Waals surface area contributed by atoms with Crippen LogP contribution in [0.25, 0.3) is 0 Å². The van der Waals surface area contributed by atoms with E-state index in [9.17, 15) is 9.90 Å². The van der Waals surface area contributed by atoms with E-state index in [1.54, 1.807) is 24.3 Å². The Hall–Kier alpha value is -2.06. The molecule has 1 aromatic rings. The minimum Gasteiger partial charge on any atom is -0.394 e. The van der Waals surface area contributed by atoms with Crippen molar-refractivity contribution in [1.29, 1.82) is 5.26 Å². The van der Waals surface area contributed by atoms with Crippen LogP contribution in [0.5, 0.6) is 0 Å². The molecule has 0 bridgehead atoms. The molecule has 0 aromatic heterocycles. The van der Waals surface area contributed by atoms with Crippen LogP contribution in [0.15, 0.2) is 24.3 Å². The monoisotopic (exact) mass is 289 g/mol. The second-order valence-corrected chi connectivity index (χ2v) is 5.41. The summed E-state index contributed by atoms with van der Waals surface area (Å²) >= 11 is 0. The third-order valence-corrected chi connectivity index (χ3v) is 3.34. The van der Waals surface area contributed by atoms with Gasteiger partial charge in [-0.2, -0.15) is 5.26 Å². The molecule has 0 heterocycles. The van der Waals surface area contributed by atoms with Crippen LogP contribution in [0, 0.1) is 11.3 Å². The van der Waals surface area contributed by atoms with Crippen molar-refractivity contribution in [2.24, 2.45) is 0 Å². The first-order valence-corrected chi connectivity index (χ1v) is 7.19. The molecule has 1 unspecified atom stereocenters. The molecule has 1 rings (SSSR count). The fourth-order valence-electron chi connectivity index (χ4n) is 1.97. The fourth-order valence-corrected chi connectivity index (χ4v) is 1.97. The number of aliphatic hydroxyl groups excluding tert-OH is 1. The normalized spacial score (nSPS) is 13.0. The highest BCUT2D eigenvalue weighted by molar-refractivity contribution is 5.81. The zero-order valence-electron chi connectivity index (χ0n) is 12.6. The third kappa shape index (κ3) is 5.84. The van der Waals surface area contributed by atoms with Crippen molar-refractivity contribution in [1.82, 2.24) is 5.32 Å². The number of aliphatic hydroxyl groups is 1. The molecular formula is C16H23N3O2. The molecule has 0 saturated carbocycles. The SMILES string of the molecule is CCCCC(C)(CO)NC(=O)CNc1ccc(C#N)cc1. The molecule has 21 heavy (non-hydrogen) atoms. The smallest absolute Gasteiger partial charge is 0.239 e. The van der Waals surface area contributed by atoms with Crippen molar-refractivity contribution >= 4 is 11.6 Å². The van der Waals surface area contributed by atoms with Crippen molar-refractivity contribution in [2.45, 2.75) is 38.6 Å². The van der Waals surface area contributed by atoms with Crippen molar-refractivity contribution < 1.29 is 9.90 Å². The van der Waals surface area contributed by atoms with E-state index in [4.69, 9.17) is 5.26 Å². The van der Waals surface area contributed by atoms with Crippen LogP contribution in [0.4, 0.5) is 5.69 Å². The highest BCUT2D eigenvalue weighted by Crippen LogP contribution is 2.13. The lowest BCUT2D eigenvalue weighted by atomic mass is 9.96. The number of unbranched alkanes of at least 4 members (excludes halogenated alkanes) is 1. The molecule has 114 valence electrons. The van der Waals surface area contributed by atoms with Gasteiger partial charge in [-0.1, -0.05) is 19.8 Å². The van der Waals surface area contributed by atoms with E-state index in [0.29, 0.717) is 5.56 Å². The molecule has 1 atom stereocenters. The number of carbonyl (C=O) groups excluding carboxylic acids is 1. The van der Waals surface area contributed by atoms with E-state index in [1.807, 2.05) is 13.0 Å². The zero-order chi connectivity index (χ0) is 15.7. The number of carbonyl (C=O) groups is 1. The van der Waals surface area contributed by atoms with Crippen LogP contribution in [0.2, 0.25) is 0 Å². The fraction of sp³-hybridized carbons (Fsp3) is 0.500. The maximum absolute atomic E-state index is 11.9. The predicted octanol–water partition coefficient (Wildman–Crippen LogP) is 2.03. The van der Waals surface area contributed by atoms with Gasteiger partial charge < -0.3 is 15.7 Å². The first-order chi connectivity index (χ1) is 10.0. The number of hydrogen-bond acceptors (Lipinski definition) is 4. The molecule has 0 aliphatic rings. The van der Waals surface area contributed by atoms with Gasteiger partial charge in [0, 0.05) is 5.69 Å². The molecule has 0 fully saturated rings. The molecular weight excluding hydrogens is 266 g/mol. The number of benzene rings is 1. The Kier molecular flexibility index (Phi) is 6.70. The Morgan fingerprint density at radius 2 is 2.05 bits per heavy atom. The molecule has 0 aliphatic carbocycles. The number of amides is 1. The molecule has 0 spiro atoms. The van der Waals surface area contributed by atoms with Crippen molar-refractivity contribution in [3.63, 3.8) is 0 Å². The number of anilines is 1. The highest BCUT2D eigenvalue weighted by Gasteiger charge is 2.24. The van der Waals surface area contributed by atoms with Gasteiger partial charge in [0.2, 0.25) is 5.91 Å². The second kappa shape index (κ2) is 8.28. The third-order valence-electron chi connectivity index (χ3n) is 3.34. The average molecular weight is 289 g/mol. The van der Waals surface area contributed by atoms with Gasteiger partial charge in [0.05, 0.1) is 30.3 Å². The van der Waals surface area contributed by atoms with Crippen molar-refractivity contribution in [3.8, 4) is 6.07 Å². The van der Waals surface area contributed by atoms with E-state index in [0.717, 1.165) is 24.9 Å². The first-order valence-electron chi connectivity index (χ1n) is 7.19. The molecule has 1 aromatic carbocycles. The van der Waals surface area contributed by atoms with E-state index >= 15 is 0 Å². The highest BCUT2D eigenvalue weighted by atomic mass is 16.3. The summed E-state index contributed by atoms with van der Waals surface area (Å²) in [6, 6.07) is 8.95. The van der Waals surface area contributed by atoms with Crippen molar-refractivity contribution in [2.75, 3.05) is 18.5 Å². The number of hydrogen-bond donors (Lipinski definition) is 3. The molecule has 0 radical (unpaired) electrons. The van der Waals surface area contributed by atoms with Gasteiger partial charge in [-0.15, -0.1) is 0 Å². The van der Waals surface area contributed by atoms with Crippen LogP contribution >= 0.6 is 0 Å². The number of nitrogens with zero attached hydrogens (tertiary/aromatic N) is 1. The molecule has 1 amide bonds.